The van der Waals surface area contributed by atoms with Crippen LogP contribution in [0.2, 0.25) is 5.02 Å². The second kappa shape index (κ2) is 5.11. The summed E-state index contributed by atoms with van der Waals surface area (Å²) in [5.41, 5.74) is 0.464. The highest BCUT2D eigenvalue weighted by atomic mass is 35.5. The summed E-state index contributed by atoms with van der Waals surface area (Å²) in [6.07, 6.45) is 0. The minimum Gasteiger partial charge on any atom is -0.454 e. The van der Waals surface area contributed by atoms with Crippen molar-refractivity contribution in [1.29, 1.82) is 0 Å². The van der Waals surface area contributed by atoms with E-state index in [-0.39, 0.29) is 12.7 Å². The monoisotopic (exact) mass is 295 g/mol. The smallest absolute Gasteiger partial charge is 0.251 e. The van der Waals surface area contributed by atoms with E-state index in [1.165, 1.54) is 0 Å². The van der Waals surface area contributed by atoms with E-state index in [0.717, 1.165) is 4.88 Å². The SMILES string of the molecule is O=C(NCc1cccs1)c1cc(Cl)c2c(c1)OCO2. The molecule has 1 amide bonds. The molecule has 1 aliphatic rings. The van der Waals surface area contributed by atoms with Crippen LogP contribution in [-0.4, -0.2) is 12.7 Å². The van der Waals surface area contributed by atoms with Crippen molar-refractivity contribution in [2.45, 2.75) is 6.54 Å². The van der Waals surface area contributed by atoms with Crippen molar-refractivity contribution in [3.05, 3.63) is 45.1 Å². The second-order valence-electron chi connectivity index (χ2n) is 3.95. The largest absolute Gasteiger partial charge is 0.454 e. The number of thiophene rings is 1. The molecule has 2 aromatic rings. The van der Waals surface area contributed by atoms with E-state index < -0.39 is 0 Å². The Kier molecular flexibility index (Phi) is 3.31. The van der Waals surface area contributed by atoms with Crippen molar-refractivity contribution in [3.8, 4) is 11.5 Å². The van der Waals surface area contributed by atoms with E-state index in [4.69, 9.17) is 21.1 Å². The lowest BCUT2D eigenvalue weighted by Crippen LogP contribution is -2.22. The van der Waals surface area contributed by atoms with Crippen LogP contribution in [0.4, 0.5) is 0 Å². The van der Waals surface area contributed by atoms with Crippen molar-refractivity contribution in [3.63, 3.8) is 0 Å². The van der Waals surface area contributed by atoms with Gasteiger partial charge in [-0.1, -0.05) is 17.7 Å². The van der Waals surface area contributed by atoms with Gasteiger partial charge in [0, 0.05) is 10.4 Å². The van der Waals surface area contributed by atoms with Gasteiger partial charge in [-0.2, -0.15) is 0 Å². The van der Waals surface area contributed by atoms with Gasteiger partial charge in [0.15, 0.2) is 11.5 Å². The van der Waals surface area contributed by atoms with Crippen LogP contribution < -0.4 is 14.8 Å². The first kappa shape index (κ1) is 12.3. The number of rotatable bonds is 3. The fourth-order valence-electron chi connectivity index (χ4n) is 1.78. The van der Waals surface area contributed by atoms with E-state index in [9.17, 15) is 4.79 Å². The maximum absolute atomic E-state index is 12.0. The number of carbonyl (C=O) groups is 1. The molecular weight excluding hydrogens is 286 g/mol. The van der Waals surface area contributed by atoms with Crippen molar-refractivity contribution < 1.29 is 14.3 Å². The molecule has 0 atom stereocenters. The molecule has 0 saturated heterocycles. The number of hydrogen-bond donors (Lipinski definition) is 1. The Bertz CT molecular complexity index is 613. The molecule has 1 aromatic heterocycles. The Balaban J connectivity index is 1.75. The highest BCUT2D eigenvalue weighted by Crippen LogP contribution is 2.39. The average Bonchev–Trinajstić information content (AvgIpc) is 3.06. The normalized spacial score (nSPS) is 12.5. The maximum Gasteiger partial charge on any atom is 0.251 e. The van der Waals surface area contributed by atoms with Gasteiger partial charge in [0.05, 0.1) is 11.6 Å². The van der Waals surface area contributed by atoms with E-state index in [0.29, 0.717) is 28.6 Å². The standard InChI is InChI=1S/C13H10ClNO3S/c14-10-4-8(5-11-12(10)18-7-17-11)13(16)15-6-9-2-1-3-19-9/h1-5H,6-7H2,(H,15,16). The summed E-state index contributed by atoms with van der Waals surface area (Å²) in [5.74, 6) is 0.818. The molecule has 4 nitrogen and oxygen atoms in total. The molecule has 3 rings (SSSR count). The van der Waals surface area contributed by atoms with E-state index in [1.807, 2.05) is 17.5 Å². The van der Waals surface area contributed by atoms with Crippen molar-refractivity contribution in [1.82, 2.24) is 5.32 Å². The van der Waals surface area contributed by atoms with Crippen LogP contribution in [0.3, 0.4) is 0 Å². The first-order valence-corrected chi connectivity index (χ1v) is 6.89. The highest BCUT2D eigenvalue weighted by molar-refractivity contribution is 7.09. The molecule has 19 heavy (non-hydrogen) atoms. The van der Waals surface area contributed by atoms with Gasteiger partial charge < -0.3 is 14.8 Å². The molecule has 0 aliphatic carbocycles. The van der Waals surface area contributed by atoms with Crippen LogP contribution in [0.25, 0.3) is 0 Å². The summed E-state index contributed by atoms with van der Waals surface area (Å²) in [4.78, 5) is 13.1. The second-order valence-corrected chi connectivity index (χ2v) is 5.39. The molecule has 0 unspecified atom stereocenters. The Labute approximate surface area is 118 Å². The molecule has 0 fully saturated rings. The van der Waals surface area contributed by atoms with Crippen LogP contribution in [0.15, 0.2) is 29.6 Å². The summed E-state index contributed by atoms with van der Waals surface area (Å²) < 4.78 is 10.4. The van der Waals surface area contributed by atoms with Gasteiger partial charge in [-0.3, -0.25) is 4.79 Å². The molecule has 0 saturated carbocycles. The van der Waals surface area contributed by atoms with Crippen molar-refractivity contribution >= 4 is 28.8 Å². The fraction of sp³-hybridized carbons (Fsp3) is 0.154. The maximum atomic E-state index is 12.0. The predicted octanol–water partition coefficient (Wildman–Crippen LogP) is 3.06. The number of halogens is 1. The van der Waals surface area contributed by atoms with Gasteiger partial charge in [-0.05, 0) is 23.6 Å². The number of amides is 1. The summed E-state index contributed by atoms with van der Waals surface area (Å²) in [7, 11) is 0. The number of benzene rings is 1. The van der Waals surface area contributed by atoms with E-state index in [1.54, 1.807) is 23.5 Å². The van der Waals surface area contributed by atoms with Gasteiger partial charge in [0.25, 0.3) is 5.91 Å². The molecule has 0 bridgehead atoms. The Hall–Kier alpha value is -1.72. The average molecular weight is 296 g/mol. The number of fused-ring (bicyclic) bond motifs is 1. The topological polar surface area (TPSA) is 47.6 Å². The zero-order chi connectivity index (χ0) is 13.2. The number of ether oxygens (including phenoxy) is 2. The molecule has 6 heteroatoms. The highest BCUT2D eigenvalue weighted by Gasteiger charge is 2.20. The fourth-order valence-corrected chi connectivity index (χ4v) is 2.69. The van der Waals surface area contributed by atoms with Crippen LogP contribution in [0, 0.1) is 0 Å². The molecule has 1 aromatic carbocycles. The molecular formula is C13H10ClNO3S. The Morgan fingerprint density at radius 2 is 2.32 bits per heavy atom. The molecule has 1 aliphatic heterocycles. The molecule has 98 valence electrons. The van der Waals surface area contributed by atoms with E-state index in [2.05, 4.69) is 5.32 Å². The predicted molar refractivity (Wildman–Crippen MR) is 73.1 cm³/mol. The van der Waals surface area contributed by atoms with Crippen molar-refractivity contribution in [2.24, 2.45) is 0 Å². The lowest BCUT2D eigenvalue weighted by atomic mass is 10.2. The first-order chi connectivity index (χ1) is 9.24. The van der Waals surface area contributed by atoms with Crippen molar-refractivity contribution in [2.75, 3.05) is 6.79 Å². The number of hydrogen-bond acceptors (Lipinski definition) is 4. The Morgan fingerprint density at radius 3 is 3.11 bits per heavy atom. The van der Waals surface area contributed by atoms with Gasteiger partial charge in [0.2, 0.25) is 6.79 Å². The first-order valence-electron chi connectivity index (χ1n) is 5.64. The van der Waals surface area contributed by atoms with Crippen LogP contribution >= 0.6 is 22.9 Å². The zero-order valence-electron chi connectivity index (χ0n) is 9.81. The third-order valence-electron chi connectivity index (χ3n) is 2.69. The number of carbonyl (C=O) groups excluding carboxylic acids is 1. The molecule has 0 radical (unpaired) electrons. The summed E-state index contributed by atoms with van der Waals surface area (Å²) in [6.45, 7) is 0.637. The zero-order valence-corrected chi connectivity index (χ0v) is 11.4. The van der Waals surface area contributed by atoms with Crippen LogP contribution in [-0.2, 0) is 6.54 Å². The van der Waals surface area contributed by atoms with Gasteiger partial charge in [-0.25, -0.2) is 0 Å². The van der Waals surface area contributed by atoms with Gasteiger partial charge in [0.1, 0.15) is 0 Å². The Morgan fingerprint density at radius 1 is 1.42 bits per heavy atom. The molecule has 0 spiro atoms. The molecule has 1 N–H and O–H groups in total. The van der Waals surface area contributed by atoms with Gasteiger partial charge in [-0.15, -0.1) is 11.3 Å². The lowest BCUT2D eigenvalue weighted by molar-refractivity contribution is 0.0951. The molecule has 2 heterocycles. The number of nitrogens with one attached hydrogen (secondary N) is 1. The summed E-state index contributed by atoms with van der Waals surface area (Å²) in [6, 6.07) is 7.14. The quantitative estimate of drug-likeness (QED) is 0.947. The third kappa shape index (κ3) is 2.52. The minimum atomic E-state index is -0.186. The summed E-state index contributed by atoms with van der Waals surface area (Å²) in [5, 5.41) is 5.19. The summed E-state index contributed by atoms with van der Waals surface area (Å²) >= 11 is 7.63. The van der Waals surface area contributed by atoms with Gasteiger partial charge >= 0.3 is 0 Å². The third-order valence-corrected chi connectivity index (χ3v) is 3.85. The lowest BCUT2D eigenvalue weighted by Gasteiger charge is -2.06. The van der Waals surface area contributed by atoms with Crippen LogP contribution in [0.1, 0.15) is 15.2 Å². The van der Waals surface area contributed by atoms with E-state index >= 15 is 0 Å². The minimum absolute atomic E-state index is 0.134. The van der Waals surface area contributed by atoms with Crippen LogP contribution in [0.5, 0.6) is 11.5 Å².